The smallest absolute Gasteiger partial charge is 0.248 e. The van der Waals surface area contributed by atoms with Gasteiger partial charge in [0.05, 0.1) is 13.2 Å². The Hall–Kier alpha value is -1.47. The summed E-state index contributed by atoms with van der Waals surface area (Å²) < 4.78 is 15.2. The SMILES string of the molecule is COCCOCC(=O)N1CCCC1CCc1noc(C)n1. The van der Waals surface area contributed by atoms with E-state index in [0.717, 1.165) is 32.2 Å². The zero-order valence-corrected chi connectivity index (χ0v) is 12.7. The molecule has 2 rings (SSSR count). The van der Waals surface area contributed by atoms with E-state index in [9.17, 15) is 4.79 Å². The van der Waals surface area contributed by atoms with Crippen molar-refractivity contribution in [2.45, 2.75) is 38.6 Å². The lowest BCUT2D eigenvalue weighted by Crippen LogP contribution is -2.38. The summed E-state index contributed by atoms with van der Waals surface area (Å²) in [4.78, 5) is 18.3. The molecule has 1 amide bonds. The van der Waals surface area contributed by atoms with Crippen LogP contribution in [-0.4, -0.2) is 60.5 Å². The van der Waals surface area contributed by atoms with Gasteiger partial charge in [0.2, 0.25) is 11.8 Å². The maximum atomic E-state index is 12.1. The number of aromatic nitrogens is 2. The second-order valence-corrected chi connectivity index (χ2v) is 5.20. The van der Waals surface area contributed by atoms with Gasteiger partial charge in [-0.1, -0.05) is 5.16 Å². The monoisotopic (exact) mass is 297 g/mol. The van der Waals surface area contributed by atoms with Gasteiger partial charge in [-0.25, -0.2) is 0 Å². The molecule has 1 saturated heterocycles. The van der Waals surface area contributed by atoms with Crippen molar-refractivity contribution in [1.82, 2.24) is 15.0 Å². The van der Waals surface area contributed by atoms with Crippen LogP contribution in [0.15, 0.2) is 4.52 Å². The highest BCUT2D eigenvalue weighted by atomic mass is 16.5. The molecule has 0 aromatic carbocycles. The number of hydrogen-bond donors (Lipinski definition) is 0. The van der Waals surface area contributed by atoms with Crippen LogP contribution in [0, 0.1) is 6.92 Å². The van der Waals surface area contributed by atoms with Gasteiger partial charge in [0.15, 0.2) is 5.82 Å². The number of nitrogens with zero attached hydrogens (tertiary/aromatic N) is 3. The highest BCUT2D eigenvalue weighted by Crippen LogP contribution is 2.21. The van der Waals surface area contributed by atoms with Gasteiger partial charge in [0.1, 0.15) is 6.61 Å². The number of carbonyl (C=O) groups excluding carboxylic acids is 1. The van der Waals surface area contributed by atoms with E-state index in [2.05, 4.69) is 10.1 Å². The lowest BCUT2D eigenvalue weighted by molar-refractivity contribution is -0.137. The first-order valence-corrected chi connectivity index (χ1v) is 7.36. The minimum absolute atomic E-state index is 0.0536. The van der Waals surface area contributed by atoms with Gasteiger partial charge in [0, 0.05) is 33.0 Å². The van der Waals surface area contributed by atoms with Crippen LogP contribution in [0.2, 0.25) is 0 Å². The molecule has 0 radical (unpaired) electrons. The van der Waals surface area contributed by atoms with E-state index in [1.165, 1.54) is 0 Å². The standard InChI is InChI=1S/C14H23N3O4/c1-11-15-13(16-21-11)6-5-12-4-3-7-17(12)14(18)10-20-9-8-19-2/h12H,3-10H2,1-2H3. The Morgan fingerprint density at radius 3 is 3.05 bits per heavy atom. The molecule has 118 valence electrons. The van der Waals surface area contributed by atoms with Crippen molar-refractivity contribution in [3.05, 3.63) is 11.7 Å². The average molecular weight is 297 g/mol. The number of amides is 1. The first kappa shape index (κ1) is 15.9. The van der Waals surface area contributed by atoms with E-state index in [1.54, 1.807) is 14.0 Å². The molecule has 0 N–H and O–H groups in total. The number of hydrogen-bond acceptors (Lipinski definition) is 6. The molecule has 1 fully saturated rings. The van der Waals surface area contributed by atoms with Crippen LogP contribution in [0.5, 0.6) is 0 Å². The van der Waals surface area contributed by atoms with E-state index in [-0.39, 0.29) is 18.6 Å². The summed E-state index contributed by atoms with van der Waals surface area (Å²) in [6.07, 6.45) is 3.67. The summed E-state index contributed by atoms with van der Waals surface area (Å²) in [5.74, 6) is 1.34. The summed E-state index contributed by atoms with van der Waals surface area (Å²) in [5.41, 5.74) is 0. The maximum Gasteiger partial charge on any atom is 0.248 e. The topological polar surface area (TPSA) is 77.7 Å². The van der Waals surface area contributed by atoms with Gasteiger partial charge in [-0.05, 0) is 19.3 Å². The largest absolute Gasteiger partial charge is 0.382 e. The molecule has 7 nitrogen and oxygen atoms in total. The number of aryl methyl sites for hydroxylation is 2. The average Bonchev–Trinajstić information content (AvgIpc) is 3.10. The Morgan fingerprint density at radius 2 is 2.33 bits per heavy atom. The van der Waals surface area contributed by atoms with Crippen LogP contribution in [0.1, 0.15) is 31.0 Å². The number of likely N-dealkylation sites (tertiary alicyclic amines) is 1. The van der Waals surface area contributed by atoms with Crippen molar-refractivity contribution >= 4 is 5.91 Å². The zero-order valence-electron chi connectivity index (χ0n) is 12.7. The lowest BCUT2D eigenvalue weighted by Gasteiger charge is -2.24. The fourth-order valence-corrected chi connectivity index (χ4v) is 2.59. The third kappa shape index (κ3) is 4.78. The minimum Gasteiger partial charge on any atom is -0.382 e. The van der Waals surface area contributed by atoms with E-state index >= 15 is 0 Å². The van der Waals surface area contributed by atoms with Crippen molar-refractivity contribution in [3.8, 4) is 0 Å². The molecule has 0 bridgehead atoms. The van der Waals surface area contributed by atoms with Crippen molar-refractivity contribution in [3.63, 3.8) is 0 Å². The predicted octanol–water partition coefficient (Wildman–Crippen LogP) is 0.965. The number of carbonyl (C=O) groups is 1. The van der Waals surface area contributed by atoms with Crippen LogP contribution in [0.25, 0.3) is 0 Å². The molecule has 1 aliphatic heterocycles. The summed E-state index contributed by atoms with van der Waals surface area (Å²) in [6, 6.07) is 0.252. The summed E-state index contributed by atoms with van der Waals surface area (Å²) >= 11 is 0. The molecule has 2 heterocycles. The van der Waals surface area contributed by atoms with Crippen LogP contribution >= 0.6 is 0 Å². The highest BCUT2D eigenvalue weighted by molar-refractivity contribution is 5.78. The molecular weight excluding hydrogens is 274 g/mol. The summed E-state index contributed by atoms with van der Waals surface area (Å²) in [7, 11) is 1.61. The minimum atomic E-state index is 0.0536. The van der Waals surface area contributed by atoms with Crippen molar-refractivity contribution in [1.29, 1.82) is 0 Å². The van der Waals surface area contributed by atoms with Gasteiger partial charge in [-0.15, -0.1) is 0 Å². The molecule has 7 heteroatoms. The first-order chi connectivity index (χ1) is 10.2. The van der Waals surface area contributed by atoms with Crippen molar-refractivity contribution in [2.75, 3.05) is 33.5 Å². The molecule has 1 unspecified atom stereocenters. The Morgan fingerprint density at radius 1 is 1.48 bits per heavy atom. The van der Waals surface area contributed by atoms with Crippen LogP contribution in [0.4, 0.5) is 0 Å². The predicted molar refractivity (Wildman–Crippen MR) is 74.8 cm³/mol. The quantitative estimate of drug-likeness (QED) is 0.665. The molecule has 1 aromatic heterocycles. The van der Waals surface area contributed by atoms with Crippen LogP contribution in [-0.2, 0) is 20.7 Å². The number of rotatable bonds is 8. The molecule has 1 aromatic rings. The maximum absolute atomic E-state index is 12.1. The normalized spacial score (nSPS) is 18.4. The van der Waals surface area contributed by atoms with Crippen LogP contribution < -0.4 is 0 Å². The third-order valence-corrected chi connectivity index (χ3v) is 3.63. The van der Waals surface area contributed by atoms with Crippen LogP contribution in [0.3, 0.4) is 0 Å². The highest BCUT2D eigenvalue weighted by Gasteiger charge is 2.28. The van der Waals surface area contributed by atoms with Gasteiger partial charge in [0.25, 0.3) is 0 Å². The Bertz CT molecular complexity index is 449. The number of methoxy groups -OCH3 is 1. The Balaban J connectivity index is 1.75. The summed E-state index contributed by atoms with van der Waals surface area (Å²) in [5, 5.41) is 3.89. The fourth-order valence-electron chi connectivity index (χ4n) is 2.59. The third-order valence-electron chi connectivity index (χ3n) is 3.63. The lowest BCUT2D eigenvalue weighted by atomic mass is 10.1. The zero-order chi connectivity index (χ0) is 15.1. The van der Waals surface area contributed by atoms with Gasteiger partial charge in [-0.2, -0.15) is 4.98 Å². The van der Waals surface area contributed by atoms with Gasteiger partial charge in [-0.3, -0.25) is 4.79 Å². The number of ether oxygens (including phenoxy) is 2. The molecular formula is C14H23N3O4. The summed E-state index contributed by atoms with van der Waals surface area (Å²) in [6.45, 7) is 3.67. The van der Waals surface area contributed by atoms with Gasteiger partial charge < -0.3 is 18.9 Å². The van der Waals surface area contributed by atoms with E-state index < -0.39 is 0 Å². The second-order valence-electron chi connectivity index (χ2n) is 5.20. The first-order valence-electron chi connectivity index (χ1n) is 7.36. The molecule has 21 heavy (non-hydrogen) atoms. The molecule has 0 aliphatic carbocycles. The second kappa shape index (κ2) is 8.09. The molecule has 0 spiro atoms. The molecule has 1 aliphatic rings. The van der Waals surface area contributed by atoms with Gasteiger partial charge >= 0.3 is 0 Å². The Kier molecular flexibility index (Phi) is 6.13. The van der Waals surface area contributed by atoms with Crippen molar-refractivity contribution < 1.29 is 18.8 Å². The van der Waals surface area contributed by atoms with E-state index in [0.29, 0.717) is 24.9 Å². The molecule has 1 atom stereocenters. The molecule has 0 saturated carbocycles. The fraction of sp³-hybridized carbons (Fsp3) is 0.786. The van der Waals surface area contributed by atoms with E-state index in [1.807, 2.05) is 4.90 Å². The van der Waals surface area contributed by atoms with Crippen molar-refractivity contribution in [2.24, 2.45) is 0 Å². The van der Waals surface area contributed by atoms with E-state index in [4.69, 9.17) is 14.0 Å². The Labute approximate surface area is 124 Å².